The van der Waals surface area contributed by atoms with Crippen molar-refractivity contribution in [3.8, 4) is 0 Å². The molecule has 0 radical (unpaired) electrons. The molecule has 0 bridgehead atoms. The standard InChI is InChI=1S/C18H24N2/c1-3-10-19-12-16-14-6-4-5-7-17(14)20-18-9-8-13(2)11-15(16)18/h8-9,11,19H,3-7,10,12H2,1-2H3. The van der Waals surface area contributed by atoms with Gasteiger partial charge in [-0.15, -0.1) is 0 Å². The van der Waals surface area contributed by atoms with Crippen LogP contribution >= 0.6 is 0 Å². The summed E-state index contributed by atoms with van der Waals surface area (Å²) in [6, 6.07) is 6.66. The number of nitrogens with zero attached hydrogens (tertiary/aromatic N) is 1. The topological polar surface area (TPSA) is 24.9 Å². The zero-order valence-corrected chi connectivity index (χ0v) is 12.6. The van der Waals surface area contributed by atoms with Crippen molar-refractivity contribution in [2.75, 3.05) is 6.54 Å². The molecule has 20 heavy (non-hydrogen) atoms. The van der Waals surface area contributed by atoms with Gasteiger partial charge in [0.15, 0.2) is 0 Å². The van der Waals surface area contributed by atoms with E-state index in [4.69, 9.17) is 4.98 Å². The van der Waals surface area contributed by atoms with Gasteiger partial charge in [-0.1, -0.05) is 18.6 Å². The summed E-state index contributed by atoms with van der Waals surface area (Å²) in [4.78, 5) is 4.92. The fourth-order valence-corrected chi connectivity index (χ4v) is 3.23. The van der Waals surface area contributed by atoms with E-state index in [-0.39, 0.29) is 0 Å². The van der Waals surface area contributed by atoms with Crippen molar-refractivity contribution in [3.05, 3.63) is 40.6 Å². The van der Waals surface area contributed by atoms with Gasteiger partial charge in [0.25, 0.3) is 0 Å². The molecule has 1 N–H and O–H groups in total. The van der Waals surface area contributed by atoms with E-state index in [0.29, 0.717) is 0 Å². The Balaban J connectivity index is 2.12. The van der Waals surface area contributed by atoms with E-state index in [0.717, 1.165) is 19.5 Å². The second-order valence-corrected chi connectivity index (χ2v) is 5.92. The largest absolute Gasteiger partial charge is 0.313 e. The van der Waals surface area contributed by atoms with Crippen LogP contribution in [0, 0.1) is 6.92 Å². The highest BCUT2D eigenvalue weighted by Crippen LogP contribution is 2.29. The Labute approximate surface area is 121 Å². The van der Waals surface area contributed by atoms with Crippen molar-refractivity contribution in [1.29, 1.82) is 0 Å². The molecule has 2 heteroatoms. The molecule has 0 aliphatic heterocycles. The summed E-state index contributed by atoms with van der Waals surface area (Å²) in [5.41, 5.74) is 6.87. The second kappa shape index (κ2) is 5.92. The molecule has 1 heterocycles. The Morgan fingerprint density at radius 3 is 2.90 bits per heavy atom. The molecule has 1 aliphatic rings. The summed E-state index contributed by atoms with van der Waals surface area (Å²) in [7, 11) is 0. The lowest BCUT2D eigenvalue weighted by atomic mass is 9.89. The highest BCUT2D eigenvalue weighted by Gasteiger charge is 2.17. The molecule has 2 nitrogen and oxygen atoms in total. The second-order valence-electron chi connectivity index (χ2n) is 5.92. The normalized spacial score (nSPS) is 14.5. The molecule has 0 atom stereocenters. The Bertz CT molecular complexity index is 616. The van der Waals surface area contributed by atoms with Crippen LogP contribution in [0.25, 0.3) is 10.9 Å². The number of nitrogens with one attached hydrogen (secondary N) is 1. The molecule has 1 aromatic carbocycles. The number of pyridine rings is 1. The monoisotopic (exact) mass is 268 g/mol. The number of fused-ring (bicyclic) bond motifs is 2. The maximum atomic E-state index is 4.92. The first-order chi connectivity index (χ1) is 9.79. The predicted octanol–water partition coefficient (Wildman–Crippen LogP) is 3.92. The molecule has 2 aromatic rings. The lowest BCUT2D eigenvalue weighted by Gasteiger charge is -2.21. The fourth-order valence-electron chi connectivity index (χ4n) is 3.23. The van der Waals surface area contributed by atoms with E-state index in [1.165, 1.54) is 59.0 Å². The average molecular weight is 268 g/mol. The molecule has 106 valence electrons. The van der Waals surface area contributed by atoms with Crippen LogP contribution < -0.4 is 5.32 Å². The summed E-state index contributed by atoms with van der Waals surface area (Å²) in [6.07, 6.45) is 6.14. The number of aromatic nitrogens is 1. The van der Waals surface area contributed by atoms with Crippen LogP contribution in [0.1, 0.15) is 48.6 Å². The molecule has 1 aliphatic carbocycles. The van der Waals surface area contributed by atoms with E-state index in [1.54, 1.807) is 0 Å². The van der Waals surface area contributed by atoms with Crippen molar-refractivity contribution in [1.82, 2.24) is 10.3 Å². The minimum absolute atomic E-state index is 0.985. The number of benzene rings is 1. The predicted molar refractivity (Wildman–Crippen MR) is 85.1 cm³/mol. The van der Waals surface area contributed by atoms with Gasteiger partial charge >= 0.3 is 0 Å². The first-order valence-electron chi connectivity index (χ1n) is 7.91. The summed E-state index contributed by atoms with van der Waals surface area (Å²) in [5, 5.41) is 4.94. The van der Waals surface area contributed by atoms with Crippen molar-refractivity contribution < 1.29 is 0 Å². The van der Waals surface area contributed by atoms with Crippen LogP contribution in [0.5, 0.6) is 0 Å². The van der Waals surface area contributed by atoms with Crippen LogP contribution in [-0.2, 0) is 19.4 Å². The molecule has 3 rings (SSSR count). The number of hydrogen-bond donors (Lipinski definition) is 1. The summed E-state index contributed by atoms with van der Waals surface area (Å²) < 4.78 is 0. The first-order valence-corrected chi connectivity index (χ1v) is 7.91. The van der Waals surface area contributed by atoms with Crippen LogP contribution in [-0.4, -0.2) is 11.5 Å². The SMILES string of the molecule is CCCNCc1c2c(nc3ccc(C)cc13)CCCC2. The van der Waals surface area contributed by atoms with Gasteiger partial charge in [-0.05, 0) is 68.8 Å². The van der Waals surface area contributed by atoms with Gasteiger partial charge in [-0.3, -0.25) is 4.98 Å². The van der Waals surface area contributed by atoms with Crippen molar-refractivity contribution in [2.24, 2.45) is 0 Å². The molecule has 0 fully saturated rings. The highest BCUT2D eigenvalue weighted by molar-refractivity contribution is 5.84. The zero-order valence-electron chi connectivity index (χ0n) is 12.6. The van der Waals surface area contributed by atoms with E-state index in [2.05, 4.69) is 37.4 Å². The first kappa shape index (κ1) is 13.6. The minimum Gasteiger partial charge on any atom is -0.313 e. The molecule has 1 aromatic heterocycles. The van der Waals surface area contributed by atoms with Gasteiger partial charge in [-0.2, -0.15) is 0 Å². The third-order valence-electron chi connectivity index (χ3n) is 4.26. The molecule has 0 unspecified atom stereocenters. The zero-order chi connectivity index (χ0) is 13.9. The Morgan fingerprint density at radius 2 is 2.05 bits per heavy atom. The van der Waals surface area contributed by atoms with Gasteiger partial charge in [0.05, 0.1) is 5.52 Å². The van der Waals surface area contributed by atoms with Crippen molar-refractivity contribution >= 4 is 10.9 Å². The fraction of sp³-hybridized carbons (Fsp3) is 0.500. The third kappa shape index (κ3) is 2.57. The number of hydrogen-bond acceptors (Lipinski definition) is 2. The molecule has 0 saturated carbocycles. The van der Waals surface area contributed by atoms with Crippen LogP contribution in [0.15, 0.2) is 18.2 Å². The summed E-state index contributed by atoms with van der Waals surface area (Å²) >= 11 is 0. The van der Waals surface area contributed by atoms with E-state index in [1.807, 2.05) is 0 Å². The maximum Gasteiger partial charge on any atom is 0.0708 e. The highest BCUT2D eigenvalue weighted by atomic mass is 14.8. The maximum absolute atomic E-state index is 4.92. The van der Waals surface area contributed by atoms with Crippen LogP contribution in [0.3, 0.4) is 0 Å². The quantitative estimate of drug-likeness (QED) is 0.850. The smallest absolute Gasteiger partial charge is 0.0708 e. The third-order valence-corrected chi connectivity index (χ3v) is 4.26. The molecular weight excluding hydrogens is 244 g/mol. The van der Waals surface area contributed by atoms with Gasteiger partial charge < -0.3 is 5.32 Å². The minimum atomic E-state index is 0.985. The Kier molecular flexibility index (Phi) is 4.02. The van der Waals surface area contributed by atoms with Gasteiger partial charge in [0.2, 0.25) is 0 Å². The van der Waals surface area contributed by atoms with E-state index in [9.17, 15) is 0 Å². The molecule has 0 amide bonds. The Morgan fingerprint density at radius 1 is 1.20 bits per heavy atom. The number of rotatable bonds is 4. The summed E-state index contributed by atoms with van der Waals surface area (Å²) in [5.74, 6) is 0. The molecule has 0 spiro atoms. The van der Waals surface area contributed by atoms with E-state index < -0.39 is 0 Å². The average Bonchev–Trinajstić information content (AvgIpc) is 2.47. The van der Waals surface area contributed by atoms with Crippen molar-refractivity contribution in [3.63, 3.8) is 0 Å². The van der Waals surface area contributed by atoms with Gasteiger partial charge in [0.1, 0.15) is 0 Å². The van der Waals surface area contributed by atoms with Gasteiger partial charge in [0, 0.05) is 17.6 Å². The lowest BCUT2D eigenvalue weighted by molar-refractivity contribution is 0.640. The molecular formula is C18H24N2. The molecule has 0 saturated heterocycles. The number of aryl methyl sites for hydroxylation is 2. The summed E-state index contributed by atoms with van der Waals surface area (Å²) in [6.45, 7) is 6.46. The van der Waals surface area contributed by atoms with Crippen molar-refractivity contribution in [2.45, 2.75) is 52.5 Å². The van der Waals surface area contributed by atoms with Gasteiger partial charge in [-0.25, -0.2) is 0 Å². The van der Waals surface area contributed by atoms with E-state index >= 15 is 0 Å². The van der Waals surface area contributed by atoms with Crippen LogP contribution in [0.4, 0.5) is 0 Å². The Hall–Kier alpha value is -1.41. The lowest BCUT2D eigenvalue weighted by Crippen LogP contribution is -2.18. The van der Waals surface area contributed by atoms with Crippen LogP contribution in [0.2, 0.25) is 0 Å².